The summed E-state index contributed by atoms with van der Waals surface area (Å²) in [6.45, 7) is 5.39. The van der Waals surface area contributed by atoms with E-state index in [-0.39, 0.29) is 30.7 Å². The molecule has 1 N–H and O–H groups in total. The van der Waals surface area contributed by atoms with Crippen LogP contribution in [0.2, 0.25) is 5.02 Å². The van der Waals surface area contributed by atoms with E-state index < -0.39 is 0 Å². The number of halogens is 1. The Labute approximate surface area is 187 Å². The van der Waals surface area contributed by atoms with Crippen LogP contribution in [0.5, 0.6) is 0 Å². The van der Waals surface area contributed by atoms with Crippen LogP contribution in [0.15, 0.2) is 60.8 Å². The predicted octanol–water partition coefficient (Wildman–Crippen LogP) is 5.11. The molecule has 2 heterocycles. The highest BCUT2D eigenvalue weighted by atomic mass is 35.5. The van der Waals surface area contributed by atoms with Crippen LogP contribution in [0.4, 0.5) is 5.69 Å². The van der Waals surface area contributed by atoms with E-state index in [0.29, 0.717) is 11.6 Å². The van der Waals surface area contributed by atoms with Crippen LogP contribution in [-0.4, -0.2) is 27.8 Å². The van der Waals surface area contributed by atoms with Gasteiger partial charge >= 0.3 is 0 Å². The summed E-state index contributed by atoms with van der Waals surface area (Å²) in [6.07, 6.45) is 2.36. The van der Waals surface area contributed by atoms with Crippen LogP contribution in [-0.2, 0) is 16.1 Å². The van der Waals surface area contributed by atoms with Gasteiger partial charge in [0, 0.05) is 48.5 Å². The molecule has 0 spiro atoms. The van der Waals surface area contributed by atoms with Gasteiger partial charge in [-0.15, -0.1) is 0 Å². The number of hydrogen-bond donors (Lipinski definition) is 1. The third-order valence-electron chi connectivity index (χ3n) is 5.90. The quantitative estimate of drug-likeness (QED) is 0.605. The lowest BCUT2D eigenvalue weighted by Crippen LogP contribution is -2.42. The monoisotopic (exact) mass is 435 g/mol. The Balaban J connectivity index is 1.45. The Bertz CT molecular complexity index is 1100. The number of rotatable bonds is 5. The minimum Gasteiger partial charge on any atom is -0.348 e. The Morgan fingerprint density at radius 1 is 1.00 bits per heavy atom. The molecule has 2 aromatic carbocycles. The van der Waals surface area contributed by atoms with Gasteiger partial charge in [-0.1, -0.05) is 29.8 Å². The maximum Gasteiger partial charge on any atom is 0.224 e. The first-order chi connectivity index (χ1) is 14.9. The number of aromatic nitrogens is 1. The van der Waals surface area contributed by atoms with Gasteiger partial charge < -0.3 is 14.8 Å². The van der Waals surface area contributed by atoms with Gasteiger partial charge in [0.2, 0.25) is 11.8 Å². The maximum atomic E-state index is 13.1. The molecule has 3 aromatic rings. The van der Waals surface area contributed by atoms with E-state index in [0.717, 1.165) is 29.1 Å². The number of amides is 2. The highest BCUT2D eigenvalue weighted by Gasteiger charge is 2.32. The molecule has 0 unspecified atom stereocenters. The number of benzene rings is 2. The fourth-order valence-corrected chi connectivity index (χ4v) is 4.18. The fourth-order valence-electron chi connectivity index (χ4n) is 4.05. The van der Waals surface area contributed by atoms with Crippen LogP contribution in [0.25, 0.3) is 0 Å². The molecule has 0 aliphatic carbocycles. The van der Waals surface area contributed by atoms with Crippen molar-refractivity contribution in [2.75, 3.05) is 11.9 Å². The standard InChI is InChI=1S/C25H26ClN3O2/c1-17-5-10-21(16-18(17)2)27-23(30)11-12-24(31)29-15-14-28-13-3-4-22(28)25(29)19-6-8-20(26)9-7-19/h3-10,13,16,25H,11-12,14-15H2,1-2H3,(H,27,30)/t25-/m0/s1. The molecule has 0 saturated heterocycles. The van der Waals surface area contributed by atoms with Gasteiger partial charge in [0.25, 0.3) is 0 Å². The summed E-state index contributed by atoms with van der Waals surface area (Å²) in [5, 5.41) is 3.56. The highest BCUT2D eigenvalue weighted by Crippen LogP contribution is 2.33. The molecule has 1 aliphatic heterocycles. The average molecular weight is 436 g/mol. The maximum absolute atomic E-state index is 13.1. The topological polar surface area (TPSA) is 54.3 Å². The summed E-state index contributed by atoms with van der Waals surface area (Å²) in [5.41, 5.74) is 5.14. The van der Waals surface area contributed by atoms with Crippen LogP contribution < -0.4 is 5.32 Å². The lowest BCUT2D eigenvalue weighted by molar-refractivity contribution is -0.135. The largest absolute Gasteiger partial charge is 0.348 e. The van der Waals surface area contributed by atoms with Crippen molar-refractivity contribution in [3.8, 4) is 0 Å². The number of carbonyl (C=O) groups excluding carboxylic acids is 2. The Morgan fingerprint density at radius 3 is 2.52 bits per heavy atom. The second-order valence-corrected chi connectivity index (χ2v) is 8.45. The first-order valence-electron chi connectivity index (χ1n) is 10.5. The summed E-state index contributed by atoms with van der Waals surface area (Å²) in [5.74, 6) is -0.178. The molecule has 1 aromatic heterocycles. The predicted molar refractivity (Wildman–Crippen MR) is 123 cm³/mol. The molecule has 0 bridgehead atoms. The van der Waals surface area contributed by atoms with Crippen molar-refractivity contribution in [2.24, 2.45) is 0 Å². The molecule has 2 amide bonds. The molecular weight excluding hydrogens is 410 g/mol. The van der Waals surface area contributed by atoms with Gasteiger partial charge in [-0.05, 0) is 66.9 Å². The minimum absolute atomic E-state index is 0.0253. The third kappa shape index (κ3) is 4.67. The van der Waals surface area contributed by atoms with Gasteiger partial charge in [-0.25, -0.2) is 0 Å². The number of nitrogens with zero attached hydrogens (tertiary/aromatic N) is 2. The summed E-state index contributed by atoms with van der Waals surface area (Å²) in [7, 11) is 0. The SMILES string of the molecule is Cc1ccc(NC(=O)CCC(=O)N2CCn3cccc3[C@@H]2c2ccc(Cl)cc2)cc1C. The zero-order chi connectivity index (χ0) is 22.0. The smallest absolute Gasteiger partial charge is 0.224 e. The summed E-state index contributed by atoms with van der Waals surface area (Å²) < 4.78 is 2.18. The molecule has 31 heavy (non-hydrogen) atoms. The van der Waals surface area contributed by atoms with E-state index in [9.17, 15) is 9.59 Å². The molecule has 1 atom stereocenters. The van der Waals surface area contributed by atoms with Crippen LogP contribution in [0.1, 0.15) is 41.3 Å². The molecule has 6 heteroatoms. The van der Waals surface area contributed by atoms with Crippen molar-refractivity contribution in [3.05, 3.63) is 88.2 Å². The average Bonchev–Trinajstić information content (AvgIpc) is 3.23. The van der Waals surface area contributed by atoms with Gasteiger partial charge in [-0.3, -0.25) is 9.59 Å². The van der Waals surface area contributed by atoms with Crippen molar-refractivity contribution >= 4 is 29.1 Å². The molecule has 0 fully saturated rings. The van der Waals surface area contributed by atoms with Crippen molar-refractivity contribution < 1.29 is 9.59 Å². The van der Waals surface area contributed by atoms with E-state index in [2.05, 4.69) is 9.88 Å². The summed E-state index contributed by atoms with van der Waals surface area (Å²) in [4.78, 5) is 27.5. The zero-order valence-corrected chi connectivity index (χ0v) is 18.5. The number of anilines is 1. The summed E-state index contributed by atoms with van der Waals surface area (Å²) >= 11 is 6.07. The van der Waals surface area contributed by atoms with Crippen molar-refractivity contribution in [1.29, 1.82) is 0 Å². The first kappa shape index (κ1) is 21.2. The van der Waals surface area contributed by atoms with Crippen molar-refractivity contribution in [3.63, 3.8) is 0 Å². The Kier molecular flexibility index (Phi) is 6.14. The minimum atomic E-state index is -0.184. The van der Waals surface area contributed by atoms with E-state index in [1.54, 1.807) is 0 Å². The highest BCUT2D eigenvalue weighted by molar-refractivity contribution is 6.30. The lowest BCUT2D eigenvalue weighted by atomic mass is 9.99. The number of nitrogens with one attached hydrogen (secondary N) is 1. The lowest BCUT2D eigenvalue weighted by Gasteiger charge is -2.37. The van der Waals surface area contributed by atoms with Crippen LogP contribution in [0.3, 0.4) is 0 Å². The molecule has 5 nitrogen and oxygen atoms in total. The number of aryl methyl sites for hydroxylation is 2. The van der Waals surface area contributed by atoms with E-state index in [1.165, 1.54) is 5.56 Å². The van der Waals surface area contributed by atoms with Crippen molar-refractivity contribution in [1.82, 2.24) is 9.47 Å². The van der Waals surface area contributed by atoms with Crippen LogP contribution in [0, 0.1) is 13.8 Å². The molecule has 160 valence electrons. The second kappa shape index (κ2) is 8.98. The van der Waals surface area contributed by atoms with Gasteiger partial charge in [0.15, 0.2) is 0 Å². The van der Waals surface area contributed by atoms with Crippen LogP contribution >= 0.6 is 11.6 Å². The van der Waals surface area contributed by atoms with E-state index in [1.807, 2.05) is 79.5 Å². The first-order valence-corrected chi connectivity index (χ1v) is 10.9. The number of fused-ring (bicyclic) bond motifs is 1. The van der Waals surface area contributed by atoms with Gasteiger partial charge in [0.1, 0.15) is 0 Å². The molecule has 4 rings (SSSR count). The van der Waals surface area contributed by atoms with E-state index >= 15 is 0 Å². The molecular formula is C25H26ClN3O2. The fraction of sp³-hybridized carbons (Fsp3) is 0.280. The normalized spacial score (nSPS) is 15.5. The van der Waals surface area contributed by atoms with E-state index in [4.69, 9.17) is 11.6 Å². The van der Waals surface area contributed by atoms with Crippen molar-refractivity contribution in [2.45, 2.75) is 39.3 Å². The zero-order valence-electron chi connectivity index (χ0n) is 17.8. The number of hydrogen-bond acceptors (Lipinski definition) is 2. The number of carbonyl (C=O) groups is 2. The Morgan fingerprint density at radius 2 is 1.77 bits per heavy atom. The summed E-state index contributed by atoms with van der Waals surface area (Å²) in [6, 6.07) is 17.3. The second-order valence-electron chi connectivity index (χ2n) is 8.01. The van der Waals surface area contributed by atoms with Gasteiger partial charge in [-0.2, -0.15) is 0 Å². The molecule has 0 saturated carbocycles. The van der Waals surface area contributed by atoms with Gasteiger partial charge in [0.05, 0.1) is 6.04 Å². The Hall–Kier alpha value is -3.05. The third-order valence-corrected chi connectivity index (χ3v) is 6.15. The molecule has 1 aliphatic rings. The molecule has 0 radical (unpaired) electrons.